The summed E-state index contributed by atoms with van der Waals surface area (Å²) in [5, 5.41) is 36.7. The fourth-order valence-corrected chi connectivity index (χ4v) is 3.03. The Bertz CT molecular complexity index is 889. The van der Waals surface area contributed by atoms with Gasteiger partial charge in [0.25, 0.3) is 5.69 Å². The van der Waals surface area contributed by atoms with Gasteiger partial charge in [-0.05, 0) is 61.5 Å². The van der Waals surface area contributed by atoms with Crippen molar-refractivity contribution < 1.29 is 19.9 Å². The fraction of sp³-hybridized carbons (Fsp3) is 0.316. The van der Waals surface area contributed by atoms with E-state index in [4.69, 9.17) is 5.11 Å². The molecule has 0 spiro atoms. The lowest BCUT2D eigenvalue weighted by molar-refractivity contribution is -0.384. The topological polar surface area (TPSA) is 129 Å². The minimum atomic E-state index is -1.01. The first-order valence-corrected chi connectivity index (χ1v) is 9.84. The highest BCUT2D eigenvalue weighted by atomic mass is 32.2. The summed E-state index contributed by atoms with van der Waals surface area (Å²) in [7, 11) is 0. The Morgan fingerprint density at radius 3 is 2.48 bits per heavy atom. The molecule has 10 heteroatoms. The quantitative estimate of drug-likeness (QED) is 0.336. The Kier molecular flexibility index (Phi) is 8.10. The Balaban J connectivity index is 2.07. The van der Waals surface area contributed by atoms with Gasteiger partial charge in [-0.25, -0.2) is 4.79 Å². The summed E-state index contributed by atoms with van der Waals surface area (Å²) in [4.78, 5) is 22.8. The van der Waals surface area contributed by atoms with Gasteiger partial charge in [0, 0.05) is 36.7 Å². The Labute approximate surface area is 172 Å². The number of likely N-dealkylation sites (N-methyl/N-ethyl adjacent to an activating group) is 1. The van der Waals surface area contributed by atoms with Crippen LogP contribution in [0.25, 0.3) is 0 Å². The van der Waals surface area contributed by atoms with Crippen LogP contribution in [0.1, 0.15) is 12.5 Å². The normalized spacial score (nSPS) is 12.1. The molecule has 0 saturated heterocycles. The molecule has 2 rings (SSSR count). The molecule has 0 aromatic heterocycles. The number of anilines is 1. The third-order valence-electron chi connectivity index (χ3n) is 4.09. The van der Waals surface area contributed by atoms with E-state index in [1.807, 2.05) is 30.9 Å². The number of hydrogen-bond acceptors (Lipinski definition) is 8. The first-order chi connectivity index (χ1) is 13.8. The Morgan fingerprint density at radius 1 is 1.24 bits per heavy atom. The molecule has 0 radical (unpaired) electrons. The summed E-state index contributed by atoms with van der Waals surface area (Å²) >= 11 is 0.675. The zero-order chi connectivity index (χ0) is 21.4. The average molecular weight is 418 g/mol. The molecule has 154 valence electrons. The number of aliphatic hydroxyl groups excluding tert-OH is 1. The van der Waals surface area contributed by atoms with Gasteiger partial charge in [0.15, 0.2) is 0 Å². The van der Waals surface area contributed by atoms with E-state index in [1.54, 1.807) is 6.07 Å². The molecule has 2 aromatic carbocycles. The number of carboxylic acid groups (broad SMARTS) is 1. The van der Waals surface area contributed by atoms with Crippen LogP contribution < -0.4 is 4.90 Å². The molecule has 0 aliphatic heterocycles. The largest absolute Gasteiger partial charge is 0.473 e. The summed E-state index contributed by atoms with van der Waals surface area (Å²) in [6.07, 6.45) is -0.766. The van der Waals surface area contributed by atoms with Gasteiger partial charge in [0.1, 0.15) is 0 Å². The number of hydrogen-bond donors (Lipinski definition) is 2. The Hall–Kier alpha value is -2.98. The lowest BCUT2D eigenvalue weighted by Gasteiger charge is -2.26. The zero-order valence-corrected chi connectivity index (χ0v) is 16.9. The second-order valence-corrected chi connectivity index (χ2v) is 7.18. The molecule has 2 N–H and O–H groups in total. The zero-order valence-electron chi connectivity index (χ0n) is 16.1. The highest BCUT2D eigenvalue weighted by Crippen LogP contribution is 2.27. The predicted octanol–water partition coefficient (Wildman–Crippen LogP) is 4.92. The molecule has 0 aliphatic carbocycles. The number of carbonyl (C=O) groups is 1. The van der Waals surface area contributed by atoms with E-state index in [1.165, 1.54) is 24.3 Å². The van der Waals surface area contributed by atoms with Crippen molar-refractivity contribution in [2.75, 3.05) is 23.7 Å². The van der Waals surface area contributed by atoms with E-state index in [2.05, 4.69) is 10.2 Å². The molecule has 0 amide bonds. The SMILES string of the molecule is CCN(CC(O)CSC(=O)O)c1ccc(/N=N/c2ccc([N+](=O)[O-])cc2)c(C)c1. The number of non-ortho nitro benzene ring substituents is 1. The molecule has 0 heterocycles. The number of aryl methyl sites for hydroxylation is 1. The molecule has 1 atom stereocenters. The highest BCUT2D eigenvalue weighted by molar-refractivity contribution is 8.13. The Morgan fingerprint density at radius 2 is 1.93 bits per heavy atom. The van der Waals surface area contributed by atoms with Crippen molar-refractivity contribution in [1.29, 1.82) is 0 Å². The van der Waals surface area contributed by atoms with Crippen molar-refractivity contribution >= 4 is 39.8 Å². The standard InChI is InChI=1S/C19H22N4O5S/c1-3-22(11-17(24)12-29-19(25)26)16-8-9-18(13(2)10-16)21-20-14-4-6-15(7-5-14)23(27)28/h4-10,17,24H,3,11-12H2,1-2H3,(H,25,26)/b21-20+. The molecule has 2 aromatic rings. The monoisotopic (exact) mass is 418 g/mol. The summed E-state index contributed by atoms with van der Waals surface area (Å²) in [6.45, 7) is 4.81. The number of azo groups is 1. The second-order valence-electron chi connectivity index (χ2n) is 6.21. The number of nitro benzene ring substituents is 1. The van der Waals surface area contributed by atoms with Crippen LogP contribution in [0, 0.1) is 17.0 Å². The third-order valence-corrected chi connectivity index (χ3v) is 4.89. The second kappa shape index (κ2) is 10.5. The van der Waals surface area contributed by atoms with E-state index in [9.17, 15) is 20.0 Å². The van der Waals surface area contributed by atoms with Crippen LogP contribution in [-0.2, 0) is 0 Å². The number of aliphatic hydroxyl groups is 1. The van der Waals surface area contributed by atoms with Crippen molar-refractivity contribution in [2.45, 2.75) is 20.0 Å². The van der Waals surface area contributed by atoms with Gasteiger partial charge in [0.2, 0.25) is 0 Å². The van der Waals surface area contributed by atoms with Crippen molar-refractivity contribution in [3.8, 4) is 0 Å². The third kappa shape index (κ3) is 6.84. The summed E-state index contributed by atoms with van der Waals surface area (Å²) in [5.41, 5.74) is 2.92. The summed E-state index contributed by atoms with van der Waals surface area (Å²) in [5.74, 6) is 0.117. The van der Waals surface area contributed by atoms with Crippen molar-refractivity contribution in [2.24, 2.45) is 10.2 Å². The van der Waals surface area contributed by atoms with Crippen molar-refractivity contribution in [3.63, 3.8) is 0 Å². The molecule has 0 fully saturated rings. The van der Waals surface area contributed by atoms with Gasteiger partial charge < -0.3 is 15.1 Å². The van der Waals surface area contributed by atoms with Crippen LogP contribution in [0.2, 0.25) is 0 Å². The maximum absolute atomic E-state index is 10.7. The molecule has 1 unspecified atom stereocenters. The van der Waals surface area contributed by atoms with Crippen molar-refractivity contribution in [3.05, 3.63) is 58.1 Å². The lowest BCUT2D eigenvalue weighted by Crippen LogP contribution is -2.33. The van der Waals surface area contributed by atoms with E-state index in [0.717, 1.165) is 11.3 Å². The highest BCUT2D eigenvalue weighted by Gasteiger charge is 2.14. The van der Waals surface area contributed by atoms with Gasteiger partial charge in [0.05, 0.1) is 22.4 Å². The van der Waals surface area contributed by atoms with Crippen LogP contribution in [0.3, 0.4) is 0 Å². The maximum Gasteiger partial charge on any atom is 0.364 e. The van der Waals surface area contributed by atoms with E-state index < -0.39 is 16.3 Å². The number of benzene rings is 2. The van der Waals surface area contributed by atoms with E-state index in [-0.39, 0.29) is 11.4 Å². The smallest absolute Gasteiger partial charge is 0.364 e. The predicted molar refractivity (Wildman–Crippen MR) is 113 cm³/mol. The molecule has 29 heavy (non-hydrogen) atoms. The summed E-state index contributed by atoms with van der Waals surface area (Å²) < 4.78 is 0. The van der Waals surface area contributed by atoms with Gasteiger partial charge in [-0.2, -0.15) is 10.2 Å². The first-order valence-electron chi connectivity index (χ1n) is 8.85. The molecule has 0 bridgehead atoms. The molecule has 0 aliphatic rings. The van der Waals surface area contributed by atoms with Gasteiger partial charge in [-0.1, -0.05) is 0 Å². The number of rotatable bonds is 9. The minimum Gasteiger partial charge on any atom is -0.473 e. The number of thioether (sulfide) groups is 1. The van der Waals surface area contributed by atoms with Crippen LogP contribution in [0.5, 0.6) is 0 Å². The van der Waals surface area contributed by atoms with Gasteiger partial charge in [-0.15, -0.1) is 0 Å². The minimum absolute atomic E-state index is 0.00640. The van der Waals surface area contributed by atoms with Crippen LogP contribution in [-0.4, -0.2) is 45.4 Å². The van der Waals surface area contributed by atoms with Crippen LogP contribution in [0.4, 0.5) is 27.5 Å². The summed E-state index contributed by atoms with van der Waals surface area (Å²) in [6, 6.07) is 11.4. The molecule has 0 saturated carbocycles. The van der Waals surface area contributed by atoms with Crippen molar-refractivity contribution in [1.82, 2.24) is 0 Å². The molecular formula is C19H22N4O5S. The first kappa shape index (κ1) is 22.3. The maximum atomic E-state index is 10.7. The molecule has 9 nitrogen and oxygen atoms in total. The molecular weight excluding hydrogens is 396 g/mol. The van der Waals surface area contributed by atoms with Crippen LogP contribution >= 0.6 is 11.8 Å². The van der Waals surface area contributed by atoms with E-state index in [0.29, 0.717) is 36.2 Å². The van der Waals surface area contributed by atoms with Gasteiger partial charge in [-0.3, -0.25) is 10.1 Å². The fourth-order valence-electron chi connectivity index (χ4n) is 2.59. The van der Waals surface area contributed by atoms with E-state index >= 15 is 0 Å². The number of nitro groups is 1. The van der Waals surface area contributed by atoms with Crippen LogP contribution in [0.15, 0.2) is 52.7 Å². The van der Waals surface area contributed by atoms with Gasteiger partial charge >= 0.3 is 5.30 Å². The average Bonchev–Trinajstić information content (AvgIpc) is 2.69. The lowest BCUT2D eigenvalue weighted by atomic mass is 10.1. The number of nitrogens with zero attached hydrogens (tertiary/aromatic N) is 4.